The van der Waals surface area contributed by atoms with Crippen LogP contribution >= 0.6 is 11.3 Å². The van der Waals surface area contributed by atoms with Crippen LogP contribution in [0.1, 0.15) is 12.2 Å². The smallest absolute Gasteiger partial charge is 0.214 e. The Morgan fingerprint density at radius 1 is 1.47 bits per heavy atom. The van der Waals surface area contributed by atoms with E-state index in [0.717, 1.165) is 16.0 Å². The van der Waals surface area contributed by atoms with Crippen molar-refractivity contribution in [2.24, 2.45) is 0 Å². The van der Waals surface area contributed by atoms with Crippen LogP contribution in [0, 0.1) is 0 Å². The Hall–Kier alpha value is -1.25. The molecule has 3 heterocycles. The normalized spacial score (nSPS) is 19.0. The van der Waals surface area contributed by atoms with Crippen LogP contribution in [-0.4, -0.2) is 42.0 Å². The molecule has 6 nitrogen and oxygen atoms in total. The van der Waals surface area contributed by atoms with Crippen LogP contribution in [0.4, 0.5) is 5.82 Å². The fourth-order valence-corrected chi connectivity index (χ4v) is 4.44. The zero-order valence-corrected chi connectivity index (χ0v) is 12.1. The van der Waals surface area contributed by atoms with Gasteiger partial charge < -0.3 is 5.32 Å². The Balaban J connectivity index is 1.97. The Morgan fingerprint density at radius 2 is 2.32 bits per heavy atom. The molecule has 2 aromatic heterocycles. The molecule has 0 spiro atoms. The Bertz CT molecular complexity index is 711. The topological polar surface area (TPSA) is 75.2 Å². The van der Waals surface area contributed by atoms with Gasteiger partial charge in [0.25, 0.3) is 0 Å². The van der Waals surface area contributed by atoms with Crippen molar-refractivity contribution in [3.05, 3.63) is 17.3 Å². The second-order valence-electron chi connectivity index (χ2n) is 4.38. The summed E-state index contributed by atoms with van der Waals surface area (Å²) >= 11 is 1.53. The summed E-state index contributed by atoms with van der Waals surface area (Å²) in [5.41, 5.74) is 0. The van der Waals surface area contributed by atoms with E-state index in [2.05, 4.69) is 15.3 Å². The van der Waals surface area contributed by atoms with E-state index in [1.165, 1.54) is 15.6 Å². The molecule has 0 saturated carbocycles. The molecule has 0 atom stereocenters. The number of sulfonamides is 1. The van der Waals surface area contributed by atoms with E-state index in [4.69, 9.17) is 0 Å². The van der Waals surface area contributed by atoms with Crippen molar-refractivity contribution in [3.63, 3.8) is 0 Å². The summed E-state index contributed by atoms with van der Waals surface area (Å²) in [5.74, 6) is 1.52. The molecule has 1 saturated heterocycles. The van der Waals surface area contributed by atoms with E-state index in [-0.39, 0.29) is 12.3 Å². The van der Waals surface area contributed by atoms with Gasteiger partial charge in [-0.25, -0.2) is 18.4 Å². The lowest BCUT2D eigenvalue weighted by molar-refractivity contribution is 0.430. The van der Waals surface area contributed by atoms with Gasteiger partial charge in [-0.3, -0.25) is 0 Å². The van der Waals surface area contributed by atoms with Crippen LogP contribution in [-0.2, 0) is 16.6 Å². The maximum atomic E-state index is 11.8. The number of thiophene rings is 1. The highest BCUT2D eigenvalue weighted by Crippen LogP contribution is 2.25. The second kappa shape index (κ2) is 4.69. The standard InChI is InChI=1S/C11H14N4O2S2/c1-12-10-8-3-5-18-11(8)14-9(13-10)7-15-4-2-6-19(15,16)17/h3,5H,2,4,6-7H2,1H3,(H,12,13,14). The number of rotatable bonds is 3. The minimum Gasteiger partial charge on any atom is -0.372 e. The molecular weight excluding hydrogens is 284 g/mol. The van der Waals surface area contributed by atoms with Gasteiger partial charge in [0.15, 0.2) is 0 Å². The highest BCUT2D eigenvalue weighted by atomic mass is 32.2. The maximum Gasteiger partial charge on any atom is 0.214 e. The van der Waals surface area contributed by atoms with Crippen LogP contribution in [0.5, 0.6) is 0 Å². The minimum absolute atomic E-state index is 0.229. The van der Waals surface area contributed by atoms with Gasteiger partial charge >= 0.3 is 0 Å². The summed E-state index contributed by atoms with van der Waals surface area (Å²) in [5, 5.41) is 5.96. The first kappa shape index (κ1) is 12.8. The number of hydrogen-bond donors (Lipinski definition) is 1. The quantitative estimate of drug-likeness (QED) is 0.923. The third-order valence-corrected chi connectivity index (χ3v) is 5.84. The van der Waals surface area contributed by atoms with Crippen LogP contribution in [0.3, 0.4) is 0 Å². The number of nitrogens with one attached hydrogen (secondary N) is 1. The third-order valence-electron chi connectivity index (χ3n) is 3.13. The van der Waals surface area contributed by atoms with E-state index >= 15 is 0 Å². The molecule has 102 valence electrons. The summed E-state index contributed by atoms with van der Waals surface area (Å²) < 4.78 is 25.0. The Kier molecular flexibility index (Phi) is 3.15. The molecule has 2 aromatic rings. The molecule has 0 unspecified atom stereocenters. The Labute approximate surface area is 115 Å². The van der Waals surface area contributed by atoms with Crippen LogP contribution in [0.25, 0.3) is 10.2 Å². The monoisotopic (exact) mass is 298 g/mol. The average Bonchev–Trinajstić information content (AvgIpc) is 2.95. The highest BCUT2D eigenvalue weighted by Gasteiger charge is 2.29. The Morgan fingerprint density at radius 3 is 3.00 bits per heavy atom. The van der Waals surface area contributed by atoms with E-state index in [9.17, 15) is 8.42 Å². The van der Waals surface area contributed by atoms with Crippen LogP contribution in [0.15, 0.2) is 11.4 Å². The van der Waals surface area contributed by atoms with E-state index < -0.39 is 10.0 Å². The first-order valence-corrected chi connectivity index (χ1v) is 8.49. The molecule has 8 heteroatoms. The summed E-state index contributed by atoms with van der Waals surface area (Å²) in [6, 6.07) is 1.96. The number of hydrogen-bond acceptors (Lipinski definition) is 6. The maximum absolute atomic E-state index is 11.8. The van der Waals surface area contributed by atoms with Gasteiger partial charge in [0.2, 0.25) is 10.0 Å². The molecular formula is C11H14N4O2S2. The molecule has 0 radical (unpaired) electrons. The van der Waals surface area contributed by atoms with Gasteiger partial charge in [0.1, 0.15) is 16.5 Å². The lowest BCUT2D eigenvalue weighted by atomic mass is 10.3. The molecule has 3 rings (SSSR count). The molecule has 1 fully saturated rings. The minimum atomic E-state index is -3.11. The van der Waals surface area contributed by atoms with Gasteiger partial charge in [0, 0.05) is 13.6 Å². The predicted octanol–water partition coefficient (Wildman–Crippen LogP) is 1.27. The molecule has 19 heavy (non-hydrogen) atoms. The first-order valence-electron chi connectivity index (χ1n) is 6.00. The lowest BCUT2D eigenvalue weighted by Gasteiger charge is -2.13. The van der Waals surface area contributed by atoms with Crippen molar-refractivity contribution in [2.75, 3.05) is 24.7 Å². The van der Waals surface area contributed by atoms with Gasteiger partial charge in [-0.15, -0.1) is 11.3 Å². The van der Waals surface area contributed by atoms with Crippen molar-refractivity contribution >= 4 is 37.4 Å². The van der Waals surface area contributed by atoms with E-state index in [0.29, 0.717) is 18.8 Å². The molecule has 1 aliphatic rings. The second-order valence-corrected chi connectivity index (χ2v) is 7.36. The van der Waals surface area contributed by atoms with Crippen LogP contribution < -0.4 is 5.32 Å². The fraction of sp³-hybridized carbons (Fsp3) is 0.455. The molecule has 0 amide bonds. The number of fused-ring (bicyclic) bond motifs is 1. The molecule has 1 N–H and O–H groups in total. The largest absolute Gasteiger partial charge is 0.372 e. The van der Waals surface area contributed by atoms with Crippen LogP contribution in [0.2, 0.25) is 0 Å². The third kappa shape index (κ3) is 2.31. The number of aromatic nitrogens is 2. The first-order chi connectivity index (χ1) is 9.10. The van der Waals surface area contributed by atoms with Crippen molar-refractivity contribution in [1.82, 2.24) is 14.3 Å². The van der Waals surface area contributed by atoms with Gasteiger partial charge in [-0.1, -0.05) is 0 Å². The van der Waals surface area contributed by atoms with Gasteiger partial charge in [0.05, 0.1) is 17.7 Å². The molecule has 0 bridgehead atoms. The summed E-state index contributed by atoms with van der Waals surface area (Å²) in [6.45, 7) is 0.813. The van der Waals surface area contributed by atoms with Crippen molar-refractivity contribution in [3.8, 4) is 0 Å². The SMILES string of the molecule is CNc1nc(CN2CCCS2(=O)=O)nc2sccc12. The molecule has 1 aliphatic heterocycles. The van der Waals surface area contributed by atoms with Crippen molar-refractivity contribution in [2.45, 2.75) is 13.0 Å². The zero-order valence-electron chi connectivity index (χ0n) is 10.5. The highest BCUT2D eigenvalue weighted by molar-refractivity contribution is 7.89. The fourth-order valence-electron chi connectivity index (χ4n) is 2.19. The predicted molar refractivity (Wildman–Crippen MR) is 75.8 cm³/mol. The van der Waals surface area contributed by atoms with Crippen molar-refractivity contribution in [1.29, 1.82) is 0 Å². The van der Waals surface area contributed by atoms with Gasteiger partial charge in [-0.05, 0) is 17.9 Å². The van der Waals surface area contributed by atoms with Crippen molar-refractivity contribution < 1.29 is 8.42 Å². The zero-order chi connectivity index (χ0) is 13.5. The number of anilines is 1. The average molecular weight is 298 g/mol. The van der Waals surface area contributed by atoms with E-state index in [1.807, 2.05) is 11.4 Å². The number of nitrogens with zero attached hydrogens (tertiary/aromatic N) is 3. The summed E-state index contributed by atoms with van der Waals surface area (Å²) in [6.07, 6.45) is 0.683. The lowest BCUT2D eigenvalue weighted by Crippen LogP contribution is -2.26. The van der Waals surface area contributed by atoms with Gasteiger partial charge in [-0.2, -0.15) is 4.31 Å². The summed E-state index contributed by atoms with van der Waals surface area (Å²) in [4.78, 5) is 9.71. The molecule has 0 aliphatic carbocycles. The molecule has 0 aromatic carbocycles. The van der Waals surface area contributed by atoms with E-state index in [1.54, 1.807) is 7.05 Å². The summed E-state index contributed by atoms with van der Waals surface area (Å²) in [7, 11) is -1.31.